The predicted octanol–water partition coefficient (Wildman–Crippen LogP) is 3.71. The number of hydrogen-bond donors (Lipinski definition) is 1. The van der Waals surface area contributed by atoms with Crippen molar-refractivity contribution in [2.45, 2.75) is 13.5 Å². The third-order valence-electron chi connectivity index (χ3n) is 3.97. The first-order valence-electron chi connectivity index (χ1n) is 7.87. The molecule has 0 spiro atoms. The van der Waals surface area contributed by atoms with Gasteiger partial charge in [0.25, 0.3) is 0 Å². The molecule has 24 heavy (non-hydrogen) atoms. The third kappa shape index (κ3) is 2.72. The lowest BCUT2D eigenvalue weighted by Gasteiger charge is -2.07. The van der Waals surface area contributed by atoms with Gasteiger partial charge in [0, 0.05) is 12.1 Å². The fourth-order valence-corrected chi connectivity index (χ4v) is 2.66. The molecule has 0 aliphatic rings. The highest BCUT2D eigenvalue weighted by Crippen LogP contribution is 2.21. The Bertz CT molecular complexity index is 975. The van der Waals surface area contributed by atoms with Gasteiger partial charge < -0.3 is 5.32 Å². The van der Waals surface area contributed by atoms with Crippen molar-refractivity contribution in [1.82, 2.24) is 19.8 Å². The summed E-state index contributed by atoms with van der Waals surface area (Å²) >= 11 is 0. The molecule has 0 radical (unpaired) electrons. The van der Waals surface area contributed by atoms with E-state index in [0.717, 1.165) is 35.0 Å². The summed E-state index contributed by atoms with van der Waals surface area (Å²) in [5.41, 5.74) is 4.13. The van der Waals surface area contributed by atoms with Crippen LogP contribution in [0.25, 0.3) is 17.0 Å². The summed E-state index contributed by atoms with van der Waals surface area (Å²) in [6, 6.07) is 22.2. The number of nitrogens with one attached hydrogen (secondary N) is 1. The summed E-state index contributed by atoms with van der Waals surface area (Å²) in [5, 5.41) is 16.5. The number of aryl methyl sites for hydroxylation is 1. The quantitative estimate of drug-likeness (QED) is 0.624. The average molecular weight is 315 g/mol. The topological polar surface area (TPSA) is 55.1 Å². The van der Waals surface area contributed by atoms with Crippen molar-refractivity contribution in [3.05, 3.63) is 77.9 Å². The van der Waals surface area contributed by atoms with Gasteiger partial charge in [0.1, 0.15) is 5.82 Å². The van der Waals surface area contributed by atoms with E-state index in [1.54, 1.807) is 4.52 Å². The molecule has 2 heterocycles. The van der Waals surface area contributed by atoms with E-state index in [4.69, 9.17) is 0 Å². The van der Waals surface area contributed by atoms with Crippen molar-refractivity contribution >= 4 is 11.5 Å². The summed E-state index contributed by atoms with van der Waals surface area (Å²) in [6.45, 7) is 2.79. The zero-order chi connectivity index (χ0) is 16.4. The van der Waals surface area contributed by atoms with Crippen LogP contribution in [0.2, 0.25) is 0 Å². The minimum atomic E-state index is 0.723. The molecule has 0 saturated heterocycles. The van der Waals surface area contributed by atoms with Crippen LogP contribution in [-0.2, 0) is 6.54 Å². The smallest absolute Gasteiger partial charge is 0.185 e. The largest absolute Gasteiger partial charge is 0.365 e. The number of anilines is 1. The maximum atomic E-state index is 4.65. The Morgan fingerprint density at radius 1 is 0.875 bits per heavy atom. The summed E-state index contributed by atoms with van der Waals surface area (Å²) in [4.78, 5) is 0. The van der Waals surface area contributed by atoms with Crippen molar-refractivity contribution in [2.24, 2.45) is 0 Å². The van der Waals surface area contributed by atoms with E-state index in [2.05, 4.69) is 45.7 Å². The molecule has 0 fully saturated rings. The van der Waals surface area contributed by atoms with Gasteiger partial charge in [-0.3, -0.25) is 0 Å². The molecule has 0 bridgehead atoms. The van der Waals surface area contributed by atoms with Crippen LogP contribution in [-0.4, -0.2) is 19.8 Å². The Balaban J connectivity index is 1.67. The van der Waals surface area contributed by atoms with Crippen LogP contribution in [0.1, 0.15) is 11.1 Å². The van der Waals surface area contributed by atoms with Gasteiger partial charge >= 0.3 is 0 Å². The molecule has 1 N–H and O–H groups in total. The normalized spacial score (nSPS) is 10.9. The van der Waals surface area contributed by atoms with E-state index in [1.165, 1.54) is 5.56 Å². The van der Waals surface area contributed by atoms with Crippen molar-refractivity contribution in [3.63, 3.8) is 0 Å². The van der Waals surface area contributed by atoms with E-state index < -0.39 is 0 Å². The molecule has 0 aliphatic carbocycles. The number of rotatable bonds is 4. The lowest BCUT2D eigenvalue weighted by atomic mass is 10.1. The van der Waals surface area contributed by atoms with Crippen LogP contribution in [0, 0.1) is 6.92 Å². The maximum absolute atomic E-state index is 4.65. The highest BCUT2D eigenvalue weighted by molar-refractivity contribution is 5.63. The molecule has 2 aromatic heterocycles. The van der Waals surface area contributed by atoms with Crippen LogP contribution in [0.15, 0.2) is 66.7 Å². The van der Waals surface area contributed by atoms with Crippen LogP contribution >= 0.6 is 0 Å². The molecule has 0 amide bonds. The van der Waals surface area contributed by atoms with Crippen molar-refractivity contribution in [1.29, 1.82) is 0 Å². The van der Waals surface area contributed by atoms with Crippen molar-refractivity contribution < 1.29 is 0 Å². The monoisotopic (exact) mass is 315 g/mol. The minimum Gasteiger partial charge on any atom is -0.365 e. The van der Waals surface area contributed by atoms with Crippen LogP contribution in [0.3, 0.4) is 0 Å². The number of fused-ring (bicyclic) bond motifs is 1. The summed E-state index contributed by atoms with van der Waals surface area (Å²) in [7, 11) is 0. The van der Waals surface area contributed by atoms with E-state index in [-0.39, 0.29) is 0 Å². The molecular formula is C19H17N5. The van der Waals surface area contributed by atoms with E-state index in [0.29, 0.717) is 0 Å². The standard InChI is InChI=1S/C19H17N5/c1-14-7-5-6-10-16(14)19-22-21-18-12-11-17(23-24(18)19)20-13-15-8-3-2-4-9-15/h2-12H,13H2,1H3,(H,20,23). The molecule has 4 rings (SSSR count). The molecule has 2 aromatic carbocycles. The highest BCUT2D eigenvalue weighted by Gasteiger charge is 2.11. The molecule has 118 valence electrons. The number of hydrogen-bond acceptors (Lipinski definition) is 4. The fourth-order valence-electron chi connectivity index (χ4n) is 2.66. The second kappa shape index (κ2) is 6.12. The van der Waals surface area contributed by atoms with Crippen LogP contribution in [0.4, 0.5) is 5.82 Å². The van der Waals surface area contributed by atoms with Gasteiger partial charge in [-0.1, -0.05) is 54.6 Å². The third-order valence-corrected chi connectivity index (χ3v) is 3.97. The van der Waals surface area contributed by atoms with Gasteiger partial charge in [0.2, 0.25) is 0 Å². The van der Waals surface area contributed by atoms with Gasteiger partial charge in [-0.15, -0.1) is 15.3 Å². The Hall–Kier alpha value is -3.21. The Morgan fingerprint density at radius 2 is 1.67 bits per heavy atom. The fraction of sp³-hybridized carbons (Fsp3) is 0.105. The number of aromatic nitrogens is 4. The Labute approximate surface area is 140 Å². The summed E-state index contributed by atoms with van der Waals surface area (Å²) < 4.78 is 1.79. The molecule has 0 aliphatic heterocycles. The predicted molar refractivity (Wildman–Crippen MR) is 94.7 cm³/mol. The second-order valence-electron chi connectivity index (χ2n) is 5.67. The van der Waals surface area contributed by atoms with Crippen molar-refractivity contribution in [3.8, 4) is 11.4 Å². The zero-order valence-electron chi connectivity index (χ0n) is 13.3. The van der Waals surface area contributed by atoms with Crippen LogP contribution < -0.4 is 5.32 Å². The summed E-state index contributed by atoms with van der Waals surface area (Å²) in [5.74, 6) is 1.55. The first-order valence-corrected chi connectivity index (χ1v) is 7.87. The first kappa shape index (κ1) is 14.4. The van der Waals surface area contributed by atoms with E-state index in [1.807, 2.05) is 48.5 Å². The van der Waals surface area contributed by atoms with Gasteiger partial charge in [-0.05, 0) is 30.2 Å². The van der Waals surface area contributed by atoms with Gasteiger partial charge in [-0.25, -0.2) is 0 Å². The zero-order valence-corrected chi connectivity index (χ0v) is 13.3. The van der Waals surface area contributed by atoms with Crippen LogP contribution in [0.5, 0.6) is 0 Å². The molecule has 0 saturated carbocycles. The first-order chi connectivity index (χ1) is 11.8. The average Bonchev–Trinajstić information content (AvgIpc) is 3.04. The Morgan fingerprint density at radius 3 is 2.50 bits per heavy atom. The Kier molecular flexibility index (Phi) is 3.67. The number of benzene rings is 2. The van der Waals surface area contributed by atoms with Gasteiger partial charge in [0.15, 0.2) is 11.5 Å². The molecule has 0 unspecified atom stereocenters. The van der Waals surface area contributed by atoms with Gasteiger partial charge in [0.05, 0.1) is 0 Å². The molecule has 5 heteroatoms. The molecule has 5 nitrogen and oxygen atoms in total. The SMILES string of the molecule is Cc1ccccc1-c1nnc2ccc(NCc3ccccc3)nn12. The lowest BCUT2D eigenvalue weighted by molar-refractivity contribution is 0.924. The van der Waals surface area contributed by atoms with E-state index >= 15 is 0 Å². The molecular weight excluding hydrogens is 298 g/mol. The highest BCUT2D eigenvalue weighted by atomic mass is 15.4. The lowest BCUT2D eigenvalue weighted by Crippen LogP contribution is -2.04. The summed E-state index contributed by atoms with van der Waals surface area (Å²) in [6.07, 6.45) is 0. The van der Waals surface area contributed by atoms with Gasteiger partial charge in [-0.2, -0.15) is 4.52 Å². The minimum absolute atomic E-state index is 0.723. The maximum Gasteiger partial charge on any atom is 0.185 e. The van der Waals surface area contributed by atoms with E-state index in [9.17, 15) is 0 Å². The van der Waals surface area contributed by atoms with Crippen molar-refractivity contribution in [2.75, 3.05) is 5.32 Å². The number of nitrogens with zero attached hydrogens (tertiary/aromatic N) is 4. The molecule has 0 atom stereocenters. The second-order valence-corrected chi connectivity index (χ2v) is 5.67. The molecule has 4 aromatic rings.